The minimum atomic E-state index is -2.81. The second-order valence-electron chi connectivity index (χ2n) is 15.8. The van der Waals surface area contributed by atoms with E-state index in [4.69, 9.17) is 42.6 Å². The molecule has 19 heteroatoms. The summed E-state index contributed by atoms with van der Waals surface area (Å²) in [6.07, 6.45) is -10.4. The second-order valence-corrected chi connectivity index (χ2v) is 15.8. The van der Waals surface area contributed by atoms with Crippen LogP contribution < -0.4 is 0 Å². The van der Waals surface area contributed by atoms with Crippen LogP contribution in [0, 0.1) is 23.2 Å². The Balaban J connectivity index is 2.00. The largest absolute Gasteiger partial charge is 0.465 e. The summed E-state index contributed by atoms with van der Waals surface area (Å²) in [5, 5.41) is 13.4. The lowest BCUT2D eigenvalue weighted by atomic mass is 9.45. The Morgan fingerprint density at radius 2 is 1.33 bits per heavy atom. The first-order chi connectivity index (χ1) is 26.9. The average Bonchev–Trinajstić information content (AvgIpc) is 3.32. The number of rotatable bonds is 7. The van der Waals surface area contributed by atoms with Gasteiger partial charge >= 0.3 is 47.8 Å². The van der Waals surface area contributed by atoms with Gasteiger partial charge in [0, 0.05) is 47.7 Å². The fraction of sp³-hybridized carbons (Fsp3) is 0.667. The second kappa shape index (κ2) is 15.9. The Morgan fingerprint density at radius 1 is 0.793 bits per heavy atom. The van der Waals surface area contributed by atoms with Crippen molar-refractivity contribution in [2.45, 2.75) is 129 Å². The van der Waals surface area contributed by atoms with Gasteiger partial charge in [-0.1, -0.05) is 13.8 Å². The summed E-state index contributed by atoms with van der Waals surface area (Å²) >= 11 is 0. The zero-order valence-corrected chi connectivity index (χ0v) is 33.9. The number of carbonyl (C=O) groups is 8. The third-order valence-corrected chi connectivity index (χ3v) is 11.7. The van der Waals surface area contributed by atoms with Gasteiger partial charge in [0.15, 0.2) is 30.0 Å². The highest BCUT2D eigenvalue weighted by molar-refractivity contribution is 5.90. The number of cyclic esters (lactones) is 1. The van der Waals surface area contributed by atoms with Crippen LogP contribution in [-0.4, -0.2) is 124 Å². The molecule has 2 aliphatic heterocycles. The fourth-order valence-corrected chi connectivity index (χ4v) is 9.36. The number of carbonyl (C=O) groups excluding carboxylic acids is 8. The third-order valence-electron chi connectivity index (χ3n) is 11.7. The van der Waals surface area contributed by atoms with Gasteiger partial charge in [0.05, 0.1) is 23.1 Å². The standard InChI is InChI=1S/C39H49NO18/c1-17-14-26-25(12-11-13-40-26)35(48)51-15-36(9)27-28(52-20(4)42)32(55-23(7)45)38(16-50-19(3)41)33(56-24(8)46)29(53-21(5)43)31(57-34(47)18(17)2)37(10,49)39(38,58-36)30(27)54-22(6)44/h11-13,17-18,27-33,49H,14-16H2,1-10H3/t17?,18?,27?,28-,29+,30-,31+,32-,33+,36+,37+,38-,39?/m1/s1. The molecule has 1 saturated heterocycles. The Kier molecular flexibility index (Phi) is 12.0. The lowest BCUT2D eigenvalue weighted by Gasteiger charge is -2.67. The van der Waals surface area contributed by atoms with Crippen LogP contribution in [0.3, 0.4) is 0 Å². The van der Waals surface area contributed by atoms with Crippen LogP contribution in [0.25, 0.3) is 0 Å². The molecule has 58 heavy (non-hydrogen) atoms. The SMILES string of the molecule is CC(=O)OC[C@]12[C@H](OC(C)=O)[C@H](OC(C)=O)C3[C@@H](OC(C)=O)C14O[C@@]3(C)COC(=O)c1cccnc1CC(C)C(C)C(=O)O[C@@H]([C@H](OC(C)=O)[C@@H]2OC(C)=O)[C@]4(C)O. The number of fused-ring (bicyclic) bond motifs is 5. The summed E-state index contributed by atoms with van der Waals surface area (Å²) in [6, 6.07) is 2.96. The van der Waals surface area contributed by atoms with Gasteiger partial charge in [-0.15, -0.1) is 0 Å². The molecule has 13 atom stereocenters. The number of esters is 8. The third kappa shape index (κ3) is 7.26. The van der Waals surface area contributed by atoms with E-state index in [1.54, 1.807) is 6.92 Å². The average molecular weight is 820 g/mol. The van der Waals surface area contributed by atoms with E-state index in [-0.39, 0.29) is 17.7 Å². The monoisotopic (exact) mass is 819 g/mol. The molecule has 4 unspecified atom stereocenters. The maximum atomic E-state index is 14.3. The number of hydrogen-bond acceptors (Lipinski definition) is 19. The van der Waals surface area contributed by atoms with Crippen LogP contribution in [0.2, 0.25) is 0 Å². The van der Waals surface area contributed by atoms with Gasteiger partial charge in [0.25, 0.3) is 0 Å². The number of ether oxygens (including phenoxy) is 9. The fourth-order valence-electron chi connectivity index (χ4n) is 9.36. The highest BCUT2D eigenvalue weighted by Crippen LogP contribution is 2.70. The molecule has 0 radical (unpaired) electrons. The molecule has 4 bridgehead atoms. The van der Waals surface area contributed by atoms with Crippen molar-refractivity contribution in [3.63, 3.8) is 0 Å². The number of nitrogens with zero attached hydrogens (tertiary/aromatic N) is 1. The molecule has 19 nitrogen and oxygen atoms in total. The summed E-state index contributed by atoms with van der Waals surface area (Å²) in [7, 11) is 0. The van der Waals surface area contributed by atoms with Crippen molar-refractivity contribution in [1.29, 1.82) is 0 Å². The van der Waals surface area contributed by atoms with Gasteiger partial charge in [-0.3, -0.25) is 38.5 Å². The maximum absolute atomic E-state index is 14.3. The highest BCUT2D eigenvalue weighted by atomic mass is 16.7. The van der Waals surface area contributed by atoms with Crippen LogP contribution in [0.15, 0.2) is 18.3 Å². The lowest BCUT2D eigenvalue weighted by Crippen LogP contribution is -2.89. The number of aromatic nitrogens is 1. The van der Waals surface area contributed by atoms with E-state index in [9.17, 15) is 43.5 Å². The molecule has 4 aliphatic rings. The first-order valence-electron chi connectivity index (χ1n) is 18.7. The van der Waals surface area contributed by atoms with Gasteiger partial charge < -0.3 is 47.7 Å². The number of aliphatic hydroxyl groups is 1. The van der Waals surface area contributed by atoms with E-state index in [0.717, 1.165) is 48.5 Å². The molecule has 1 N–H and O–H groups in total. The van der Waals surface area contributed by atoms with Gasteiger partial charge in [0.2, 0.25) is 0 Å². The van der Waals surface area contributed by atoms with Crippen molar-refractivity contribution in [2.24, 2.45) is 23.2 Å². The van der Waals surface area contributed by atoms with Gasteiger partial charge in [-0.2, -0.15) is 0 Å². The van der Waals surface area contributed by atoms with Crippen molar-refractivity contribution >= 4 is 47.8 Å². The maximum Gasteiger partial charge on any atom is 0.340 e. The number of hydrogen-bond donors (Lipinski definition) is 1. The quantitative estimate of drug-likeness (QED) is 0.299. The van der Waals surface area contributed by atoms with Crippen LogP contribution in [0.4, 0.5) is 0 Å². The Morgan fingerprint density at radius 3 is 1.88 bits per heavy atom. The molecule has 1 aromatic heterocycles. The molecule has 3 fully saturated rings. The predicted molar refractivity (Wildman–Crippen MR) is 190 cm³/mol. The van der Waals surface area contributed by atoms with E-state index < -0.39 is 138 Å². The van der Waals surface area contributed by atoms with Gasteiger partial charge in [0.1, 0.15) is 42.0 Å². The van der Waals surface area contributed by atoms with Crippen LogP contribution in [0.5, 0.6) is 0 Å². The molecule has 2 aliphatic carbocycles. The zero-order chi connectivity index (χ0) is 43.3. The Bertz CT molecular complexity index is 1880. The first-order valence-corrected chi connectivity index (χ1v) is 18.7. The minimum Gasteiger partial charge on any atom is -0.465 e. The summed E-state index contributed by atoms with van der Waals surface area (Å²) < 4.78 is 54.5. The van der Waals surface area contributed by atoms with Crippen molar-refractivity contribution < 1.29 is 86.1 Å². The molecule has 0 amide bonds. The van der Waals surface area contributed by atoms with Gasteiger partial charge in [-0.25, -0.2) is 4.79 Å². The van der Waals surface area contributed by atoms with Crippen LogP contribution in [-0.2, 0) is 82.6 Å². The summed E-state index contributed by atoms with van der Waals surface area (Å²) in [4.78, 5) is 111. The molecule has 0 aromatic carbocycles. The molecule has 2 saturated carbocycles. The topological polar surface area (TPSA) is 253 Å². The van der Waals surface area contributed by atoms with Crippen molar-refractivity contribution in [3.05, 3.63) is 29.6 Å². The zero-order valence-electron chi connectivity index (χ0n) is 33.9. The first kappa shape index (κ1) is 43.9. The normalized spacial score (nSPS) is 37.9. The molecule has 3 heterocycles. The highest BCUT2D eigenvalue weighted by Gasteiger charge is 2.92. The van der Waals surface area contributed by atoms with E-state index in [0.29, 0.717) is 0 Å². The summed E-state index contributed by atoms with van der Waals surface area (Å²) in [6.45, 7) is 9.87. The smallest absolute Gasteiger partial charge is 0.340 e. The molecule has 1 spiro atoms. The minimum absolute atomic E-state index is 0.0261. The van der Waals surface area contributed by atoms with E-state index >= 15 is 0 Å². The van der Waals surface area contributed by atoms with Crippen LogP contribution in [0.1, 0.15) is 85.3 Å². The molecular formula is C39H49NO18. The van der Waals surface area contributed by atoms with E-state index in [2.05, 4.69) is 4.98 Å². The van der Waals surface area contributed by atoms with E-state index in [1.165, 1.54) is 32.2 Å². The molecule has 318 valence electrons. The number of pyridine rings is 1. The van der Waals surface area contributed by atoms with E-state index in [1.807, 2.05) is 0 Å². The predicted octanol–water partition coefficient (Wildman–Crippen LogP) is 1.11. The van der Waals surface area contributed by atoms with Crippen molar-refractivity contribution in [2.75, 3.05) is 13.2 Å². The Hall–Kier alpha value is -5.17. The molecular weight excluding hydrogens is 770 g/mol. The molecule has 5 rings (SSSR count). The summed E-state index contributed by atoms with van der Waals surface area (Å²) in [5.41, 5.74) is -9.91. The van der Waals surface area contributed by atoms with Gasteiger partial charge in [-0.05, 0) is 38.3 Å². The summed E-state index contributed by atoms with van der Waals surface area (Å²) in [5.74, 6) is -11.1. The Labute approximate surface area is 333 Å². The molecule has 1 aromatic rings. The lowest BCUT2D eigenvalue weighted by molar-refractivity contribution is -0.387. The van der Waals surface area contributed by atoms with Crippen LogP contribution >= 0.6 is 0 Å². The van der Waals surface area contributed by atoms with Crippen molar-refractivity contribution in [1.82, 2.24) is 4.98 Å². The van der Waals surface area contributed by atoms with Crippen molar-refractivity contribution in [3.8, 4) is 0 Å².